The Bertz CT molecular complexity index is 429. The molecule has 0 heterocycles. The van der Waals surface area contributed by atoms with E-state index in [-0.39, 0.29) is 5.92 Å². The van der Waals surface area contributed by atoms with Crippen LogP contribution in [0.4, 0.5) is 0 Å². The summed E-state index contributed by atoms with van der Waals surface area (Å²) in [5, 5.41) is 9.58. The molecule has 86 valence electrons. The van der Waals surface area contributed by atoms with Crippen LogP contribution < -0.4 is 4.74 Å². The second-order valence-electron chi connectivity index (χ2n) is 4.03. The Labute approximate surface area is 99.0 Å². The van der Waals surface area contributed by atoms with Gasteiger partial charge in [-0.25, -0.2) is 0 Å². The van der Waals surface area contributed by atoms with Crippen LogP contribution >= 0.6 is 11.6 Å². The van der Waals surface area contributed by atoms with Crippen LogP contribution in [0.5, 0.6) is 5.75 Å². The largest absolute Gasteiger partial charge is 0.495 e. The Kier molecular flexibility index (Phi) is 3.06. The van der Waals surface area contributed by atoms with Gasteiger partial charge in [0, 0.05) is 0 Å². The smallest absolute Gasteiger partial charge is 0.306 e. The van der Waals surface area contributed by atoms with Crippen LogP contribution in [0, 0.1) is 5.92 Å². The lowest BCUT2D eigenvalue weighted by atomic mass is 9.84. The van der Waals surface area contributed by atoms with Crippen molar-refractivity contribution in [2.24, 2.45) is 5.92 Å². The zero-order valence-corrected chi connectivity index (χ0v) is 9.75. The van der Waals surface area contributed by atoms with Crippen molar-refractivity contribution in [3.8, 4) is 5.75 Å². The minimum Gasteiger partial charge on any atom is -0.495 e. The fourth-order valence-corrected chi connectivity index (χ4v) is 2.39. The predicted octanol–water partition coefficient (Wildman–Crippen LogP) is 2.54. The normalized spacial score (nSPS) is 19.0. The summed E-state index contributed by atoms with van der Waals surface area (Å²) in [6, 6.07) is 3.74. The van der Waals surface area contributed by atoms with Gasteiger partial charge in [0.1, 0.15) is 5.75 Å². The minimum absolute atomic E-state index is 0.279. The first-order chi connectivity index (χ1) is 7.61. The molecule has 3 nitrogen and oxygen atoms in total. The summed E-state index contributed by atoms with van der Waals surface area (Å²) in [6.45, 7) is 0. The molecule has 0 saturated carbocycles. The number of fused-ring (bicyclic) bond motifs is 1. The standard InChI is InChI=1S/C12H13ClO3/c1-16-11-6-9-4-8(12(14)15)3-2-7(9)5-10(11)13/h5-6,8H,2-4H2,1H3,(H,14,15). The number of carboxylic acids is 1. The van der Waals surface area contributed by atoms with E-state index in [9.17, 15) is 4.79 Å². The number of rotatable bonds is 2. The molecule has 16 heavy (non-hydrogen) atoms. The number of carboxylic acid groups (broad SMARTS) is 1. The van der Waals surface area contributed by atoms with Crippen molar-refractivity contribution in [2.45, 2.75) is 19.3 Å². The summed E-state index contributed by atoms with van der Waals surface area (Å²) in [6.07, 6.45) is 2.03. The van der Waals surface area contributed by atoms with Gasteiger partial charge >= 0.3 is 5.97 Å². The molecule has 1 aromatic rings. The van der Waals surface area contributed by atoms with Crippen molar-refractivity contribution in [2.75, 3.05) is 7.11 Å². The van der Waals surface area contributed by atoms with Gasteiger partial charge in [-0.2, -0.15) is 0 Å². The highest BCUT2D eigenvalue weighted by Crippen LogP contribution is 2.33. The molecule has 1 aliphatic rings. The van der Waals surface area contributed by atoms with Crippen molar-refractivity contribution >= 4 is 17.6 Å². The molecule has 1 aliphatic carbocycles. The molecule has 1 unspecified atom stereocenters. The molecule has 0 aliphatic heterocycles. The highest BCUT2D eigenvalue weighted by atomic mass is 35.5. The van der Waals surface area contributed by atoms with Crippen molar-refractivity contribution in [1.82, 2.24) is 0 Å². The van der Waals surface area contributed by atoms with Gasteiger partial charge in [0.05, 0.1) is 18.1 Å². The van der Waals surface area contributed by atoms with E-state index in [0.29, 0.717) is 23.6 Å². The molecule has 2 rings (SSSR count). The second kappa shape index (κ2) is 4.34. The molecule has 0 saturated heterocycles. The topological polar surface area (TPSA) is 46.5 Å². The molecule has 0 fully saturated rings. The van der Waals surface area contributed by atoms with E-state index in [0.717, 1.165) is 17.5 Å². The van der Waals surface area contributed by atoms with Crippen LogP contribution in [0.25, 0.3) is 0 Å². The first-order valence-electron chi connectivity index (χ1n) is 5.20. The minimum atomic E-state index is -0.723. The Hall–Kier alpha value is -1.22. The number of hydrogen-bond donors (Lipinski definition) is 1. The number of ether oxygens (including phenoxy) is 1. The Morgan fingerprint density at radius 3 is 2.88 bits per heavy atom. The van der Waals surface area contributed by atoms with Crippen molar-refractivity contribution in [1.29, 1.82) is 0 Å². The van der Waals surface area contributed by atoms with E-state index in [1.54, 1.807) is 7.11 Å². The monoisotopic (exact) mass is 240 g/mol. The van der Waals surface area contributed by atoms with E-state index in [1.165, 1.54) is 0 Å². The lowest BCUT2D eigenvalue weighted by molar-refractivity contribution is -0.142. The number of benzene rings is 1. The van der Waals surface area contributed by atoms with E-state index < -0.39 is 5.97 Å². The van der Waals surface area contributed by atoms with Crippen LogP contribution in [0.2, 0.25) is 5.02 Å². The van der Waals surface area contributed by atoms with E-state index in [2.05, 4.69) is 0 Å². The van der Waals surface area contributed by atoms with Gasteiger partial charge in [-0.3, -0.25) is 4.79 Å². The van der Waals surface area contributed by atoms with Gasteiger partial charge in [0.15, 0.2) is 0 Å². The van der Waals surface area contributed by atoms with Gasteiger partial charge in [-0.05, 0) is 42.5 Å². The highest BCUT2D eigenvalue weighted by molar-refractivity contribution is 6.32. The van der Waals surface area contributed by atoms with Crippen LogP contribution in [-0.4, -0.2) is 18.2 Å². The molecule has 0 spiro atoms. The van der Waals surface area contributed by atoms with Gasteiger partial charge in [0.2, 0.25) is 0 Å². The molecule has 4 heteroatoms. The molecular formula is C12H13ClO3. The van der Waals surface area contributed by atoms with Gasteiger partial charge in [0.25, 0.3) is 0 Å². The number of halogens is 1. The third-order valence-corrected chi connectivity index (χ3v) is 3.35. The number of aliphatic carboxylic acids is 1. The fourth-order valence-electron chi connectivity index (χ4n) is 2.12. The molecule has 1 aromatic carbocycles. The average Bonchev–Trinajstić information content (AvgIpc) is 2.27. The fraction of sp³-hybridized carbons (Fsp3) is 0.417. The van der Waals surface area contributed by atoms with Crippen LogP contribution in [0.1, 0.15) is 17.5 Å². The van der Waals surface area contributed by atoms with Crippen molar-refractivity contribution in [3.63, 3.8) is 0 Å². The van der Waals surface area contributed by atoms with Crippen molar-refractivity contribution in [3.05, 3.63) is 28.3 Å². The zero-order chi connectivity index (χ0) is 11.7. The first kappa shape index (κ1) is 11.3. The lowest BCUT2D eigenvalue weighted by Crippen LogP contribution is -2.22. The molecule has 1 N–H and O–H groups in total. The summed E-state index contributed by atoms with van der Waals surface area (Å²) in [4.78, 5) is 10.9. The molecule has 1 atom stereocenters. The van der Waals surface area contributed by atoms with Gasteiger partial charge in [-0.1, -0.05) is 11.6 Å². The Morgan fingerprint density at radius 1 is 1.50 bits per heavy atom. The summed E-state index contributed by atoms with van der Waals surface area (Å²) in [7, 11) is 1.56. The summed E-state index contributed by atoms with van der Waals surface area (Å²) in [5.41, 5.74) is 2.18. The third kappa shape index (κ3) is 2.00. The number of hydrogen-bond acceptors (Lipinski definition) is 2. The van der Waals surface area contributed by atoms with E-state index in [1.807, 2.05) is 12.1 Å². The quantitative estimate of drug-likeness (QED) is 0.864. The van der Waals surface area contributed by atoms with Gasteiger partial charge < -0.3 is 9.84 Å². The molecule has 0 amide bonds. The van der Waals surface area contributed by atoms with E-state index >= 15 is 0 Å². The maximum absolute atomic E-state index is 10.9. The zero-order valence-electron chi connectivity index (χ0n) is 9.00. The van der Waals surface area contributed by atoms with E-state index in [4.69, 9.17) is 21.4 Å². The Balaban J connectivity index is 2.34. The maximum atomic E-state index is 10.9. The second-order valence-corrected chi connectivity index (χ2v) is 4.44. The maximum Gasteiger partial charge on any atom is 0.306 e. The van der Waals surface area contributed by atoms with Crippen LogP contribution in [0.15, 0.2) is 12.1 Å². The van der Waals surface area contributed by atoms with Crippen LogP contribution in [0.3, 0.4) is 0 Å². The molecule has 0 bridgehead atoms. The van der Waals surface area contributed by atoms with Crippen molar-refractivity contribution < 1.29 is 14.6 Å². The van der Waals surface area contributed by atoms with Gasteiger partial charge in [-0.15, -0.1) is 0 Å². The predicted molar refractivity (Wildman–Crippen MR) is 61.2 cm³/mol. The third-order valence-electron chi connectivity index (χ3n) is 3.05. The van der Waals surface area contributed by atoms with Crippen LogP contribution in [-0.2, 0) is 17.6 Å². The summed E-state index contributed by atoms with van der Waals surface area (Å²) >= 11 is 6.02. The molecular weight excluding hydrogens is 228 g/mol. The number of carbonyl (C=O) groups is 1. The summed E-state index contributed by atoms with van der Waals surface area (Å²) in [5.74, 6) is -0.385. The molecule has 0 aromatic heterocycles. The first-order valence-corrected chi connectivity index (χ1v) is 5.57. The average molecular weight is 241 g/mol. The Morgan fingerprint density at radius 2 is 2.25 bits per heavy atom. The SMILES string of the molecule is COc1cc2c(cc1Cl)CCC(C(=O)O)C2. The highest BCUT2D eigenvalue weighted by Gasteiger charge is 2.25. The number of aryl methyl sites for hydroxylation is 1. The molecule has 0 radical (unpaired) electrons. The summed E-state index contributed by atoms with van der Waals surface area (Å²) < 4.78 is 5.13. The number of methoxy groups -OCH3 is 1. The lowest BCUT2D eigenvalue weighted by Gasteiger charge is -2.22.